The number of benzene rings is 1. The van der Waals surface area contributed by atoms with Crippen LogP contribution in [0.1, 0.15) is 42.6 Å². The molecule has 28 heavy (non-hydrogen) atoms. The van der Waals surface area contributed by atoms with Gasteiger partial charge in [0.1, 0.15) is 0 Å². The summed E-state index contributed by atoms with van der Waals surface area (Å²) in [7, 11) is 0. The van der Waals surface area contributed by atoms with Gasteiger partial charge in [-0.15, -0.1) is 0 Å². The number of rotatable bonds is 3. The molecule has 2 unspecified atom stereocenters. The molecule has 2 bridgehead atoms. The van der Waals surface area contributed by atoms with Crippen molar-refractivity contribution in [2.75, 3.05) is 13.1 Å². The van der Waals surface area contributed by atoms with Crippen LogP contribution in [0.4, 0.5) is 0 Å². The molecule has 2 aliphatic rings. The molecule has 0 saturated carbocycles. The van der Waals surface area contributed by atoms with Crippen LogP contribution in [0, 0.1) is 13.8 Å². The predicted molar refractivity (Wildman–Crippen MR) is 109 cm³/mol. The highest BCUT2D eigenvalue weighted by Crippen LogP contribution is 2.24. The van der Waals surface area contributed by atoms with Crippen molar-refractivity contribution in [1.29, 1.82) is 0 Å². The molecular weight excluding hydrogens is 350 g/mol. The first-order chi connectivity index (χ1) is 13.6. The molecule has 5 rings (SSSR count). The van der Waals surface area contributed by atoms with E-state index in [0.29, 0.717) is 24.9 Å². The van der Waals surface area contributed by atoms with Crippen molar-refractivity contribution in [2.24, 2.45) is 0 Å². The first kappa shape index (κ1) is 17.6. The van der Waals surface area contributed by atoms with E-state index in [2.05, 4.69) is 23.2 Å². The Morgan fingerprint density at radius 3 is 2.89 bits per heavy atom. The largest absolute Gasteiger partial charge is 0.341 e. The Balaban J connectivity index is 1.37. The smallest absolute Gasteiger partial charge is 0.222 e. The van der Waals surface area contributed by atoms with E-state index in [4.69, 9.17) is 10.1 Å². The molecule has 1 amide bonds. The zero-order chi connectivity index (χ0) is 19.3. The summed E-state index contributed by atoms with van der Waals surface area (Å²) >= 11 is 0. The van der Waals surface area contributed by atoms with Gasteiger partial charge >= 0.3 is 0 Å². The van der Waals surface area contributed by atoms with Crippen molar-refractivity contribution < 1.29 is 4.79 Å². The highest BCUT2D eigenvalue weighted by Gasteiger charge is 2.31. The normalized spacial score (nSPS) is 22.1. The predicted octanol–water partition coefficient (Wildman–Crippen LogP) is 2.78. The second-order valence-corrected chi connectivity index (χ2v) is 8.28. The van der Waals surface area contributed by atoms with Gasteiger partial charge in [0.15, 0.2) is 5.65 Å². The zero-order valence-corrected chi connectivity index (χ0v) is 16.6. The van der Waals surface area contributed by atoms with Crippen LogP contribution in [-0.2, 0) is 11.2 Å². The number of amides is 1. The van der Waals surface area contributed by atoms with E-state index in [0.717, 1.165) is 53.0 Å². The van der Waals surface area contributed by atoms with Crippen molar-refractivity contribution in [3.05, 3.63) is 41.2 Å². The highest BCUT2D eigenvalue weighted by molar-refractivity contribution is 5.92. The maximum atomic E-state index is 12.9. The standard InChI is InChI=1S/C22H27N5O/c1-14-18(9-10-21(28)26-12-11-16-7-8-17(13-26)24-16)15(2)27-22(23-14)19-5-3-4-6-20(19)25-27/h3-6,16-17,24H,7-13H2,1-2H3. The second-order valence-electron chi connectivity index (χ2n) is 8.28. The van der Waals surface area contributed by atoms with Crippen molar-refractivity contribution >= 4 is 22.5 Å². The molecule has 0 radical (unpaired) electrons. The molecule has 1 N–H and O–H groups in total. The van der Waals surface area contributed by atoms with Crippen LogP contribution >= 0.6 is 0 Å². The molecule has 146 valence electrons. The minimum Gasteiger partial charge on any atom is -0.341 e. The van der Waals surface area contributed by atoms with Crippen LogP contribution < -0.4 is 5.32 Å². The highest BCUT2D eigenvalue weighted by atomic mass is 16.2. The van der Waals surface area contributed by atoms with Gasteiger partial charge in [0.2, 0.25) is 5.91 Å². The lowest BCUT2D eigenvalue weighted by molar-refractivity contribution is -0.131. The summed E-state index contributed by atoms with van der Waals surface area (Å²) in [5.74, 6) is 0.263. The van der Waals surface area contributed by atoms with Gasteiger partial charge in [-0.25, -0.2) is 9.50 Å². The Morgan fingerprint density at radius 2 is 2.00 bits per heavy atom. The molecule has 2 aromatic heterocycles. The average molecular weight is 377 g/mol. The number of carbonyl (C=O) groups is 1. The molecule has 0 spiro atoms. The Hall–Kier alpha value is -2.47. The van der Waals surface area contributed by atoms with Gasteiger partial charge in [0, 0.05) is 48.4 Å². The average Bonchev–Trinajstić information content (AvgIpc) is 3.21. The van der Waals surface area contributed by atoms with E-state index >= 15 is 0 Å². The topological polar surface area (TPSA) is 62.5 Å². The number of nitrogens with zero attached hydrogens (tertiary/aromatic N) is 4. The molecule has 2 aliphatic heterocycles. The van der Waals surface area contributed by atoms with Crippen molar-refractivity contribution in [3.8, 4) is 0 Å². The lowest BCUT2D eigenvalue weighted by Gasteiger charge is -2.24. The summed E-state index contributed by atoms with van der Waals surface area (Å²) < 4.78 is 1.94. The van der Waals surface area contributed by atoms with Crippen LogP contribution in [0.15, 0.2) is 24.3 Å². The van der Waals surface area contributed by atoms with Gasteiger partial charge in [0.25, 0.3) is 0 Å². The number of fused-ring (bicyclic) bond motifs is 5. The first-order valence-electron chi connectivity index (χ1n) is 10.4. The summed E-state index contributed by atoms with van der Waals surface area (Å²) in [6.45, 7) is 5.87. The summed E-state index contributed by atoms with van der Waals surface area (Å²) in [6.07, 6.45) is 4.78. The number of nitrogens with one attached hydrogen (secondary N) is 1. The lowest BCUT2D eigenvalue weighted by atomic mass is 10.0. The maximum Gasteiger partial charge on any atom is 0.222 e. The second kappa shape index (κ2) is 6.85. The Kier molecular flexibility index (Phi) is 4.31. The molecule has 6 nitrogen and oxygen atoms in total. The van der Waals surface area contributed by atoms with Gasteiger partial charge < -0.3 is 10.2 Å². The molecule has 2 atom stereocenters. The number of carbonyl (C=O) groups excluding carboxylic acids is 1. The number of likely N-dealkylation sites (tertiary alicyclic amines) is 1. The lowest BCUT2D eigenvalue weighted by Crippen LogP contribution is -2.39. The Morgan fingerprint density at radius 1 is 1.18 bits per heavy atom. The van der Waals surface area contributed by atoms with Crippen LogP contribution in [0.5, 0.6) is 0 Å². The van der Waals surface area contributed by atoms with E-state index in [9.17, 15) is 4.79 Å². The number of aryl methyl sites for hydroxylation is 2. The van der Waals surface area contributed by atoms with Crippen LogP contribution in [-0.4, -0.2) is 50.6 Å². The van der Waals surface area contributed by atoms with Gasteiger partial charge in [-0.3, -0.25) is 4.79 Å². The Labute approximate surface area is 164 Å². The monoisotopic (exact) mass is 377 g/mol. The number of aromatic nitrogens is 3. The molecule has 0 aliphatic carbocycles. The van der Waals surface area contributed by atoms with Crippen LogP contribution in [0.2, 0.25) is 0 Å². The first-order valence-corrected chi connectivity index (χ1v) is 10.4. The fourth-order valence-corrected chi connectivity index (χ4v) is 4.90. The third kappa shape index (κ3) is 2.96. The van der Waals surface area contributed by atoms with Crippen molar-refractivity contribution in [1.82, 2.24) is 24.8 Å². The summed E-state index contributed by atoms with van der Waals surface area (Å²) in [6, 6.07) is 9.18. The number of hydrogen-bond acceptors (Lipinski definition) is 4. The van der Waals surface area contributed by atoms with Crippen LogP contribution in [0.25, 0.3) is 16.6 Å². The van der Waals surface area contributed by atoms with Crippen molar-refractivity contribution in [2.45, 2.75) is 58.0 Å². The van der Waals surface area contributed by atoms with E-state index in [1.54, 1.807) is 0 Å². The van der Waals surface area contributed by atoms with Gasteiger partial charge in [-0.2, -0.15) is 5.10 Å². The van der Waals surface area contributed by atoms with Gasteiger partial charge in [-0.1, -0.05) is 12.1 Å². The molecule has 3 aromatic rings. The molecule has 2 fully saturated rings. The summed E-state index contributed by atoms with van der Waals surface area (Å²) in [5, 5.41) is 9.44. The minimum absolute atomic E-state index is 0.263. The van der Waals surface area contributed by atoms with E-state index in [1.807, 2.05) is 29.6 Å². The quantitative estimate of drug-likeness (QED) is 0.762. The minimum atomic E-state index is 0.263. The van der Waals surface area contributed by atoms with E-state index < -0.39 is 0 Å². The molecule has 4 heterocycles. The third-order valence-corrected chi connectivity index (χ3v) is 6.48. The molecule has 1 aromatic carbocycles. The molecule has 2 saturated heterocycles. The van der Waals surface area contributed by atoms with E-state index in [1.165, 1.54) is 12.8 Å². The molecular formula is C22H27N5O. The third-order valence-electron chi connectivity index (χ3n) is 6.48. The van der Waals surface area contributed by atoms with Gasteiger partial charge in [0.05, 0.1) is 5.52 Å². The molecule has 6 heteroatoms. The summed E-state index contributed by atoms with van der Waals surface area (Å²) in [5.41, 5.74) is 5.08. The summed E-state index contributed by atoms with van der Waals surface area (Å²) in [4.78, 5) is 19.8. The maximum absolute atomic E-state index is 12.9. The van der Waals surface area contributed by atoms with E-state index in [-0.39, 0.29) is 5.91 Å². The zero-order valence-electron chi connectivity index (χ0n) is 16.6. The Bertz CT molecular complexity index is 1060. The fraction of sp³-hybridized carbons (Fsp3) is 0.500. The SMILES string of the molecule is Cc1nc2c3ccccc3nn2c(C)c1CCC(=O)N1CCC2CCC(C1)N2. The van der Waals surface area contributed by atoms with Gasteiger partial charge in [-0.05, 0) is 57.2 Å². The van der Waals surface area contributed by atoms with Crippen LogP contribution in [0.3, 0.4) is 0 Å². The fourth-order valence-electron chi connectivity index (χ4n) is 4.90. The number of hydrogen-bond donors (Lipinski definition) is 1. The van der Waals surface area contributed by atoms with Crippen molar-refractivity contribution in [3.63, 3.8) is 0 Å².